The van der Waals surface area contributed by atoms with Crippen LogP contribution in [-0.4, -0.2) is 22.2 Å². The average molecular weight is 252 g/mol. The Morgan fingerprint density at radius 3 is 2.56 bits per heavy atom. The second-order valence-corrected chi connectivity index (χ2v) is 3.53. The third kappa shape index (κ3) is 2.28. The lowest BCUT2D eigenvalue weighted by Crippen LogP contribution is -2.06. The van der Waals surface area contributed by atoms with Crippen LogP contribution in [0, 0.1) is 11.6 Å². The second kappa shape index (κ2) is 5.05. The fourth-order valence-electron chi connectivity index (χ4n) is 1.52. The molecule has 6 heteroatoms. The van der Waals surface area contributed by atoms with Crippen molar-refractivity contribution in [2.75, 3.05) is 7.11 Å². The van der Waals surface area contributed by atoms with Gasteiger partial charge in [0.25, 0.3) is 0 Å². The molecule has 2 rings (SSSR count). The highest BCUT2D eigenvalue weighted by atomic mass is 19.2. The van der Waals surface area contributed by atoms with Gasteiger partial charge in [-0.25, -0.2) is 13.8 Å². The number of aromatic nitrogens is 2. The lowest BCUT2D eigenvalue weighted by Gasteiger charge is -2.12. The van der Waals surface area contributed by atoms with E-state index in [4.69, 9.17) is 4.74 Å². The predicted molar refractivity (Wildman–Crippen MR) is 59.0 cm³/mol. The maximum atomic E-state index is 13.1. The van der Waals surface area contributed by atoms with Crippen LogP contribution in [0.2, 0.25) is 0 Å². The molecule has 18 heavy (non-hydrogen) atoms. The van der Waals surface area contributed by atoms with Gasteiger partial charge in [0.15, 0.2) is 11.6 Å². The molecule has 0 fully saturated rings. The molecule has 94 valence electrons. The first-order valence-corrected chi connectivity index (χ1v) is 5.11. The van der Waals surface area contributed by atoms with Gasteiger partial charge in [-0.05, 0) is 17.7 Å². The van der Waals surface area contributed by atoms with Crippen molar-refractivity contribution >= 4 is 0 Å². The molecule has 0 bridgehead atoms. The van der Waals surface area contributed by atoms with Crippen LogP contribution in [0.25, 0.3) is 0 Å². The van der Waals surface area contributed by atoms with Crippen molar-refractivity contribution in [2.24, 2.45) is 0 Å². The minimum Gasteiger partial charge on any atom is -0.480 e. The van der Waals surface area contributed by atoms with E-state index >= 15 is 0 Å². The van der Waals surface area contributed by atoms with Gasteiger partial charge in [-0.2, -0.15) is 0 Å². The van der Waals surface area contributed by atoms with Gasteiger partial charge < -0.3 is 9.84 Å². The van der Waals surface area contributed by atoms with Crippen LogP contribution in [-0.2, 0) is 0 Å². The van der Waals surface area contributed by atoms with Crippen molar-refractivity contribution < 1.29 is 18.6 Å². The summed E-state index contributed by atoms with van der Waals surface area (Å²) in [6.07, 6.45) is 1.55. The molecule has 1 N–H and O–H groups in total. The smallest absolute Gasteiger partial charge is 0.238 e. The number of methoxy groups -OCH3 is 1. The van der Waals surface area contributed by atoms with Gasteiger partial charge in [-0.15, -0.1) is 0 Å². The molecule has 0 aliphatic heterocycles. The van der Waals surface area contributed by atoms with E-state index in [0.29, 0.717) is 0 Å². The Morgan fingerprint density at radius 1 is 1.17 bits per heavy atom. The molecule has 1 heterocycles. The van der Waals surface area contributed by atoms with E-state index < -0.39 is 17.7 Å². The zero-order valence-corrected chi connectivity index (χ0v) is 9.47. The standard InChI is InChI=1S/C12H10F2N2O2/c1-18-12-10(15-4-5-16-12)11(17)7-2-3-8(13)9(14)6-7/h2-6,11,17H,1H3. The predicted octanol–water partition coefficient (Wildman–Crippen LogP) is 1.85. The molecule has 4 nitrogen and oxygen atoms in total. The summed E-state index contributed by atoms with van der Waals surface area (Å²) in [5.74, 6) is -1.87. The zero-order valence-electron chi connectivity index (χ0n) is 9.47. The van der Waals surface area contributed by atoms with Crippen LogP contribution in [0.15, 0.2) is 30.6 Å². The Kier molecular flexibility index (Phi) is 3.47. The summed E-state index contributed by atoms with van der Waals surface area (Å²) in [4.78, 5) is 7.80. The van der Waals surface area contributed by atoms with Gasteiger partial charge in [0, 0.05) is 12.4 Å². The summed E-state index contributed by atoms with van der Waals surface area (Å²) >= 11 is 0. The minimum absolute atomic E-state index is 0.134. The van der Waals surface area contributed by atoms with Crippen LogP contribution < -0.4 is 4.74 Å². The Morgan fingerprint density at radius 2 is 1.89 bits per heavy atom. The summed E-state index contributed by atoms with van der Waals surface area (Å²) in [5, 5.41) is 10.0. The number of rotatable bonds is 3. The third-order valence-corrected chi connectivity index (χ3v) is 2.40. The van der Waals surface area contributed by atoms with Crippen molar-refractivity contribution in [1.29, 1.82) is 0 Å². The average Bonchev–Trinajstić information content (AvgIpc) is 2.41. The van der Waals surface area contributed by atoms with Crippen LogP contribution >= 0.6 is 0 Å². The van der Waals surface area contributed by atoms with Gasteiger partial charge in [0.05, 0.1) is 7.11 Å². The number of halogens is 2. The van der Waals surface area contributed by atoms with Crippen LogP contribution in [0.4, 0.5) is 8.78 Å². The molecule has 0 amide bonds. The molecule has 1 aromatic heterocycles. The Bertz CT molecular complexity index is 564. The molecule has 1 aromatic carbocycles. The Balaban J connectivity index is 2.41. The molecule has 0 radical (unpaired) electrons. The summed E-state index contributed by atoms with van der Waals surface area (Å²) < 4.78 is 30.8. The molecular weight excluding hydrogens is 242 g/mol. The van der Waals surface area contributed by atoms with E-state index in [1.54, 1.807) is 0 Å². The molecule has 2 aromatic rings. The molecule has 0 saturated carbocycles. The van der Waals surface area contributed by atoms with Crippen molar-refractivity contribution in [3.8, 4) is 5.88 Å². The highest BCUT2D eigenvalue weighted by molar-refractivity contribution is 5.31. The second-order valence-electron chi connectivity index (χ2n) is 3.53. The van der Waals surface area contributed by atoms with Crippen molar-refractivity contribution in [2.45, 2.75) is 6.10 Å². The molecule has 0 aliphatic carbocycles. The van der Waals surface area contributed by atoms with Crippen molar-refractivity contribution in [3.63, 3.8) is 0 Å². The minimum atomic E-state index is -1.23. The zero-order chi connectivity index (χ0) is 13.1. The number of aliphatic hydroxyl groups is 1. The van der Waals surface area contributed by atoms with Crippen LogP contribution in [0.1, 0.15) is 17.4 Å². The number of ether oxygens (including phenoxy) is 1. The highest BCUT2D eigenvalue weighted by Gasteiger charge is 2.19. The molecular formula is C12H10F2N2O2. The Hall–Kier alpha value is -2.08. The van der Waals surface area contributed by atoms with Crippen LogP contribution in [0.3, 0.4) is 0 Å². The summed E-state index contributed by atoms with van der Waals surface area (Å²) in [6, 6.07) is 3.13. The molecule has 0 saturated heterocycles. The summed E-state index contributed by atoms with van der Waals surface area (Å²) in [6.45, 7) is 0. The lowest BCUT2D eigenvalue weighted by atomic mass is 10.1. The van der Waals surface area contributed by atoms with E-state index in [1.807, 2.05) is 0 Å². The molecule has 1 atom stereocenters. The largest absolute Gasteiger partial charge is 0.480 e. The monoisotopic (exact) mass is 252 g/mol. The molecule has 0 spiro atoms. The van der Waals surface area contributed by atoms with Gasteiger partial charge in [-0.3, -0.25) is 4.98 Å². The fourth-order valence-corrected chi connectivity index (χ4v) is 1.52. The first kappa shape index (κ1) is 12.4. The first-order chi connectivity index (χ1) is 8.63. The number of nitrogens with zero attached hydrogens (tertiary/aromatic N) is 2. The number of hydrogen-bond acceptors (Lipinski definition) is 4. The van der Waals surface area contributed by atoms with Crippen molar-refractivity contribution in [1.82, 2.24) is 9.97 Å². The van der Waals surface area contributed by atoms with Gasteiger partial charge in [0.2, 0.25) is 5.88 Å². The van der Waals surface area contributed by atoms with Gasteiger partial charge >= 0.3 is 0 Å². The van der Waals surface area contributed by atoms with E-state index in [1.165, 1.54) is 25.6 Å². The maximum absolute atomic E-state index is 13.1. The fraction of sp³-hybridized carbons (Fsp3) is 0.167. The van der Waals surface area contributed by atoms with Crippen molar-refractivity contribution in [3.05, 3.63) is 53.5 Å². The highest BCUT2D eigenvalue weighted by Crippen LogP contribution is 2.26. The summed E-state index contributed by atoms with van der Waals surface area (Å²) in [7, 11) is 1.38. The normalized spacial score (nSPS) is 12.2. The SMILES string of the molecule is COc1nccnc1C(O)c1ccc(F)c(F)c1. The number of hydrogen-bond donors (Lipinski definition) is 1. The third-order valence-electron chi connectivity index (χ3n) is 2.40. The van der Waals surface area contributed by atoms with E-state index in [0.717, 1.165) is 12.1 Å². The van der Waals surface area contributed by atoms with Crippen LogP contribution in [0.5, 0.6) is 5.88 Å². The number of aliphatic hydroxyl groups excluding tert-OH is 1. The Labute approximate surface area is 102 Å². The molecule has 1 unspecified atom stereocenters. The molecule has 0 aliphatic rings. The maximum Gasteiger partial charge on any atom is 0.238 e. The summed E-state index contributed by atoms with van der Waals surface area (Å²) in [5.41, 5.74) is 0.318. The van der Waals surface area contributed by atoms with Gasteiger partial charge in [-0.1, -0.05) is 6.07 Å². The number of benzene rings is 1. The van der Waals surface area contributed by atoms with E-state index in [-0.39, 0.29) is 17.1 Å². The van der Waals surface area contributed by atoms with E-state index in [2.05, 4.69) is 9.97 Å². The topological polar surface area (TPSA) is 55.2 Å². The van der Waals surface area contributed by atoms with E-state index in [9.17, 15) is 13.9 Å². The van der Waals surface area contributed by atoms with Gasteiger partial charge in [0.1, 0.15) is 11.8 Å². The first-order valence-electron chi connectivity index (χ1n) is 5.11. The lowest BCUT2D eigenvalue weighted by molar-refractivity contribution is 0.207. The quantitative estimate of drug-likeness (QED) is 0.905.